The highest BCUT2D eigenvalue weighted by atomic mass is 16.5. The summed E-state index contributed by atoms with van der Waals surface area (Å²) in [5, 5.41) is 9.60. The van der Waals surface area contributed by atoms with Crippen LogP contribution in [0.2, 0.25) is 0 Å². The molecule has 0 aromatic heterocycles. The van der Waals surface area contributed by atoms with Crippen molar-refractivity contribution in [1.29, 1.82) is 0 Å². The zero-order valence-electron chi connectivity index (χ0n) is 20.1. The van der Waals surface area contributed by atoms with Crippen molar-refractivity contribution < 1.29 is 14.6 Å². The normalized spacial score (nSPS) is 19.9. The number of carbonyl (C=O) groups is 1. The zero-order valence-corrected chi connectivity index (χ0v) is 20.1. The van der Waals surface area contributed by atoms with Crippen molar-refractivity contribution in [3.63, 3.8) is 0 Å². The maximum Gasteiger partial charge on any atom is 0.333 e. The number of rotatable bonds is 13. The largest absolute Gasteiger partial charge is 0.462 e. The molecule has 1 aliphatic carbocycles. The topological polar surface area (TPSA) is 46.5 Å². The minimum atomic E-state index is -0.390. The number of aryl methyl sites for hydroxylation is 1. The Hall–Kier alpha value is -1.61. The molecule has 0 aliphatic heterocycles. The molecule has 0 saturated heterocycles. The van der Waals surface area contributed by atoms with Gasteiger partial charge in [-0.1, -0.05) is 89.6 Å². The molecule has 3 nitrogen and oxygen atoms in total. The quantitative estimate of drug-likeness (QED) is 0.287. The lowest BCUT2D eigenvalue weighted by Crippen LogP contribution is -2.19. The van der Waals surface area contributed by atoms with Crippen LogP contribution >= 0.6 is 0 Å². The molecule has 0 spiro atoms. The highest BCUT2D eigenvalue weighted by Crippen LogP contribution is 2.34. The molecule has 1 unspecified atom stereocenters. The second-order valence-corrected chi connectivity index (χ2v) is 10.2. The summed E-state index contributed by atoms with van der Waals surface area (Å²) in [6.07, 6.45) is 13.1. The van der Waals surface area contributed by atoms with E-state index in [9.17, 15) is 9.90 Å². The first-order valence-electron chi connectivity index (χ1n) is 12.4. The predicted molar refractivity (Wildman–Crippen MR) is 129 cm³/mol. The van der Waals surface area contributed by atoms with Crippen molar-refractivity contribution in [3.05, 3.63) is 47.5 Å². The molecular weight excluding hydrogens is 384 g/mol. The van der Waals surface area contributed by atoms with Gasteiger partial charge in [-0.15, -0.1) is 0 Å². The van der Waals surface area contributed by atoms with Gasteiger partial charge in [0.25, 0.3) is 0 Å². The SMILES string of the molecule is C=C(C)C(=O)OCC(CO)Cc1ccc(CCC2CCC(CCCC(C)C)CC2)cc1. The van der Waals surface area contributed by atoms with Crippen molar-refractivity contribution in [3.8, 4) is 0 Å². The van der Waals surface area contributed by atoms with Gasteiger partial charge in [0.1, 0.15) is 0 Å². The molecular formula is C28H44O3. The van der Waals surface area contributed by atoms with E-state index < -0.39 is 5.97 Å². The van der Waals surface area contributed by atoms with E-state index in [0.717, 1.165) is 24.2 Å². The monoisotopic (exact) mass is 428 g/mol. The Bertz CT molecular complexity index is 653. The second kappa shape index (κ2) is 13.7. The van der Waals surface area contributed by atoms with Gasteiger partial charge in [-0.2, -0.15) is 0 Å². The fraction of sp³-hybridized carbons (Fsp3) is 0.679. The first-order chi connectivity index (χ1) is 14.9. The van der Waals surface area contributed by atoms with Crippen LogP contribution in [-0.4, -0.2) is 24.3 Å². The van der Waals surface area contributed by atoms with Crippen molar-refractivity contribution in [1.82, 2.24) is 0 Å². The standard InChI is InChI=1S/C28H44O3/c1-21(2)6-5-7-23-8-10-24(11-9-23)12-13-25-14-16-26(17-15-25)18-27(19-29)20-31-28(30)22(3)4/h14-17,21,23-24,27,29H,3,5-13,18-20H2,1-2,4H3. The van der Waals surface area contributed by atoms with Gasteiger partial charge in [0.05, 0.1) is 6.61 Å². The molecule has 0 heterocycles. The van der Waals surface area contributed by atoms with Crippen LogP contribution in [0, 0.1) is 23.7 Å². The van der Waals surface area contributed by atoms with Crippen LogP contribution < -0.4 is 0 Å². The van der Waals surface area contributed by atoms with Gasteiger partial charge in [0, 0.05) is 18.1 Å². The van der Waals surface area contributed by atoms with Gasteiger partial charge in [-0.3, -0.25) is 0 Å². The molecule has 0 radical (unpaired) electrons. The number of esters is 1. The summed E-state index contributed by atoms with van der Waals surface area (Å²) in [6.45, 7) is 10.1. The van der Waals surface area contributed by atoms with Crippen LogP contribution in [0.15, 0.2) is 36.4 Å². The van der Waals surface area contributed by atoms with E-state index in [1.165, 1.54) is 62.5 Å². The molecule has 0 amide bonds. The van der Waals surface area contributed by atoms with Gasteiger partial charge >= 0.3 is 5.97 Å². The van der Waals surface area contributed by atoms with Crippen molar-refractivity contribution in [2.75, 3.05) is 13.2 Å². The summed E-state index contributed by atoms with van der Waals surface area (Å²) in [5.74, 6) is 2.24. The molecule has 3 heteroatoms. The molecule has 1 saturated carbocycles. The highest BCUT2D eigenvalue weighted by molar-refractivity contribution is 5.86. The third-order valence-corrected chi connectivity index (χ3v) is 6.81. The molecule has 31 heavy (non-hydrogen) atoms. The smallest absolute Gasteiger partial charge is 0.333 e. The molecule has 174 valence electrons. The second-order valence-electron chi connectivity index (χ2n) is 10.2. The van der Waals surface area contributed by atoms with Crippen LogP contribution in [0.5, 0.6) is 0 Å². The molecule has 1 aromatic carbocycles. The number of aliphatic hydroxyl groups is 1. The van der Waals surface area contributed by atoms with E-state index in [1.54, 1.807) is 6.92 Å². The van der Waals surface area contributed by atoms with E-state index in [1.807, 2.05) is 0 Å². The highest BCUT2D eigenvalue weighted by Gasteiger charge is 2.21. The Labute approximate surface area is 190 Å². The summed E-state index contributed by atoms with van der Waals surface area (Å²) in [4.78, 5) is 11.5. The fourth-order valence-corrected chi connectivity index (χ4v) is 4.66. The maximum atomic E-state index is 11.5. The average Bonchev–Trinajstić information content (AvgIpc) is 2.76. The van der Waals surface area contributed by atoms with Crippen molar-refractivity contribution in [2.45, 2.75) is 85.0 Å². The molecule has 2 rings (SSSR count). The Morgan fingerprint density at radius 2 is 1.65 bits per heavy atom. The third kappa shape index (κ3) is 10.0. The minimum Gasteiger partial charge on any atom is -0.462 e. The molecule has 1 atom stereocenters. The van der Waals surface area contributed by atoms with Crippen LogP contribution in [-0.2, 0) is 22.4 Å². The number of benzene rings is 1. The Morgan fingerprint density at radius 1 is 1.06 bits per heavy atom. The Morgan fingerprint density at radius 3 is 2.19 bits per heavy atom. The molecule has 1 aliphatic rings. The Balaban J connectivity index is 1.68. The van der Waals surface area contributed by atoms with Crippen molar-refractivity contribution >= 4 is 5.97 Å². The number of aliphatic hydroxyl groups excluding tert-OH is 1. The first kappa shape index (κ1) is 25.6. The van der Waals surface area contributed by atoms with Crippen LogP contribution in [0.3, 0.4) is 0 Å². The van der Waals surface area contributed by atoms with Crippen LogP contribution in [0.25, 0.3) is 0 Å². The van der Waals surface area contributed by atoms with Crippen LogP contribution in [0.4, 0.5) is 0 Å². The van der Waals surface area contributed by atoms with E-state index in [-0.39, 0.29) is 19.1 Å². The van der Waals surface area contributed by atoms with Crippen molar-refractivity contribution in [2.24, 2.45) is 23.7 Å². The van der Waals surface area contributed by atoms with Gasteiger partial charge in [-0.25, -0.2) is 4.79 Å². The van der Waals surface area contributed by atoms with Gasteiger partial charge in [0.15, 0.2) is 0 Å². The number of hydrogen-bond acceptors (Lipinski definition) is 3. The van der Waals surface area contributed by atoms with E-state index in [2.05, 4.69) is 44.7 Å². The molecule has 1 aromatic rings. The molecule has 1 N–H and O–H groups in total. The Kier molecular flexibility index (Phi) is 11.4. The zero-order chi connectivity index (χ0) is 22.6. The lowest BCUT2D eigenvalue weighted by molar-refractivity contribution is -0.140. The number of hydrogen-bond donors (Lipinski definition) is 1. The van der Waals surface area contributed by atoms with E-state index in [0.29, 0.717) is 12.0 Å². The minimum absolute atomic E-state index is 0.00532. The number of carbonyl (C=O) groups excluding carboxylic acids is 1. The number of ether oxygens (including phenoxy) is 1. The predicted octanol–water partition coefficient (Wildman–Crippen LogP) is 6.52. The summed E-state index contributed by atoms with van der Waals surface area (Å²) in [7, 11) is 0. The first-order valence-corrected chi connectivity index (χ1v) is 12.4. The average molecular weight is 429 g/mol. The maximum absolute atomic E-state index is 11.5. The summed E-state index contributed by atoms with van der Waals surface area (Å²) in [5.41, 5.74) is 2.97. The lowest BCUT2D eigenvalue weighted by atomic mass is 9.77. The summed E-state index contributed by atoms with van der Waals surface area (Å²) >= 11 is 0. The van der Waals surface area contributed by atoms with E-state index in [4.69, 9.17) is 4.74 Å². The third-order valence-electron chi connectivity index (χ3n) is 6.81. The van der Waals surface area contributed by atoms with Gasteiger partial charge in [-0.05, 0) is 55.1 Å². The van der Waals surface area contributed by atoms with Crippen LogP contribution in [0.1, 0.15) is 83.3 Å². The van der Waals surface area contributed by atoms with Gasteiger partial charge in [0.2, 0.25) is 0 Å². The summed E-state index contributed by atoms with van der Waals surface area (Å²) < 4.78 is 5.20. The van der Waals surface area contributed by atoms with Gasteiger partial charge < -0.3 is 9.84 Å². The fourth-order valence-electron chi connectivity index (χ4n) is 4.66. The van der Waals surface area contributed by atoms with E-state index >= 15 is 0 Å². The lowest BCUT2D eigenvalue weighted by Gasteiger charge is -2.28. The molecule has 0 bridgehead atoms. The molecule has 1 fully saturated rings. The summed E-state index contributed by atoms with van der Waals surface area (Å²) in [6, 6.07) is 8.76.